The van der Waals surface area contributed by atoms with E-state index in [1.807, 2.05) is 7.05 Å². The van der Waals surface area contributed by atoms with Crippen LogP contribution in [0.1, 0.15) is 12.8 Å². The Morgan fingerprint density at radius 3 is 2.50 bits per heavy atom. The topological polar surface area (TPSA) is 179 Å². The smallest absolute Gasteiger partial charge is 0.236 e. The lowest BCUT2D eigenvalue weighted by atomic mass is 9.80. The molecule has 0 unspecified atom stereocenters. The number of nitrogens with two attached hydrogens (primary N) is 3. The lowest BCUT2D eigenvalue weighted by Gasteiger charge is -2.50. The van der Waals surface area contributed by atoms with E-state index in [0.717, 1.165) is 6.42 Å². The van der Waals surface area contributed by atoms with Crippen molar-refractivity contribution in [2.45, 2.75) is 67.8 Å². The Kier molecular flexibility index (Phi) is 8.55. The molecule has 1 saturated carbocycles. The summed E-state index contributed by atoms with van der Waals surface area (Å²) in [7, 11) is 4.69. The van der Waals surface area contributed by atoms with E-state index in [9.17, 15) is 15.0 Å². The van der Waals surface area contributed by atoms with Crippen molar-refractivity contribution >= 4 is 5.91 Å². The van der Waals surface area contributed by atoms with Crippen molar-refractivity contribution in [3.05, 3.63) is 0 Å². The molecular weight excluding hydrogens is 370 g/mol. The third-order valence-electron chi connectivity index (χ3n) is 5.64. The normalized spacial score (nSPS) is 41.6. The van der Waals surface area contributed by atoms with Crippen LogP contribution in [-0.4, -0.2) is 110 Å². The Morgan fingerprint density at radius 1 is 1.25 bits per heavy atom. The van der Waals surface area contributed by atoms with Gasteiger partial charge in [-0.15, -0.1) is 0 Å². The van der Waals surface area contributed by atoms with Crippen LogP contribution in [0.4, 0.5) is 0 Å². The van der Waals surface area contributed by atoms with Crippen molar-refractivity contribution in [1.29, 1.82) is 0 Å². The first-order valence-electron chi connectivity index (χ1n) is 9.58. The first-order chi connectivity index (χ1) is 13.3. The van der Waals surface area contributed by atoms with Gasteiger partial charge in [0.1, 0.15) is 18.3 Å². The molecule has 0 aromatic carbocycles. The molecule has 2 aliphatic rings. The number of carbonyl (C=O) groups excluding carboxylic acids is 1. The Labute approximate surface area is 165 Å². The van der Waals surface area contributed by atoms with Crippen molar-refractivity contribution < 1.29 is 29.2 Å². The van der Waals surface area contributed by atoms with Crippen LogP contribution in [-0.2, 0) is 19.0 Å². The first-order valence-corrected chi connectivity index (χ1v) is 9.58. The quantitative estimate of drug-likeness (QED) is 0.247. The van der Waals surface area contributed by atoms with Gasteiger partial charge in [-0.25, -0.2) is 0 Å². The molecule has 1 amide bonds. The number of aliphatic hydroxyl groups excluding tert-OH is 2. The summed E-state index contributed by atoms with van der Waals surface area (Å²) in [4.78, 5) is 13.4. The van der Waals surface area contributed by atoms with Gasteiger partial charge in [0.25, 0.3) is 0 Å². The predicted octanol–water partition coefficient (Wildman–Crippen LogP) is -3.71. The maximum Gasteiger partial charge on any atom is 0.236 e. The van der Waals surface area contributed by atoms with Crippen molar-refractivity contribution in [3.63, 3.8) is 0 Å². The second kappa shape index (κ2) is 10.2. The second-order valence-electron chi connectivity index (χ2n) is 7.48. The summed E-state index contributed by atoms with van der Waals surface area (Å²) in [6, 6.07) is -2.25. The van der Waals surface area contributed by atoms with E-state index in [0.29, 0.717) is 13.0 Å². The minimum atomic E-state index is -1.23. The highest BCUT2D eigenvalue weighted by molar-refractivity contribution is 5.78. The molecule has 2 fully saturated rings. The molecule has 0 aromatic heterocycles. The molecule has 0 radical (unpaired) electrons. The van der Waals surface area contributed by atoms with Crippen LogP contribution >= 0.6 is 0 Å². The van der Waals surface area contributed by atoms with Crippen LogP contribution in [0.5, 0.6) is 0 Å². The minimum Gasteiger partial charge on any atom is -0.389 e. The molecule has 1 heterocycles. The molecule has 1 saturated heterocycles. The molecule has 1 aliphatic carbocycles. The highest BCUT2D eigenvalue weighted by Gasteiger charge is 2.53. The van der Waals surface area contributed by atoms with Crippen molar-refractivity contribution in [2.75, 3.05) is 34.3 Å². The average molecular weight is 405 g/mol. The molecule has 0 bridgehead atoms. The predicted molar refractivity (Wildman–Crippen MR) is 101 cm³/mol. The summed E-state index contributed by atoms with van der Waals surface area (Å²) < 4.78 is 17.2. The van der Waals surface area contributed by atoms with E-state index in [1.54, 1.807) is 0 Å². The van der Waals surface area contributed by atoms with Gasteiger partial charge in [0.2, 0.25) is 5.91 Å². The van der Waals surface area contributed by atoms with E-state index < -0.39 is 54.7 Å². The monoisotopic (exact) mass is 405 g/mol. The molecule has 11 heteroatoms. The second-order valence-corrected chi connectivity index (χ2v) is 7.48. The van der Waals surface area contributed by atoms with Crippen LogP contribution in [0, 0.1) is 0 Å². The Bertz CT molecular complexity index is 514. The SMILES string of the molecule is CNC[C@@H]1CC[C@@H](N)[C@@H](O[C@@H]2[C@@H](N)[C@H](O)[C@H](OC)[C@H](N(C)C(=O)CN)[C@H]2O)O1. The number of methoxy groups -OCH3 is 1. The molecular formula is C17H35N5O6. The fraction of sp³-hybridized carbons (Fsp3) is 0.941. The zero-order valence-electron chi connectivity index (χ0n) is 16.7. The summed E-state index contributed by atoms with van der Waals surface area (Å²) in [6.07, 6.45) is -3.72. The van der Waals surface area contributed by atoms with Crippen LogP contribution < -0.4 is 22.5 Å². The van der Waals surface area contributed by atoms with Crippen LogP contribution in [0.2, 0.25) is 0 Å². The maximum absolute atomic E-state index is 12.1. The summed E-state index contributed by atoms with van der Waals surface area (Å²) in [5.41, 5.74) is 17.7. The molecule has 28 heavy (non-hydrogen) atoms. The number of ether oxygens (including phenoxy) is 3. The Balaban J connectivity index is 2.21. The van der Waals surface area contributed by atoms with E-state index in [-0.39, 0.29) is 12.6 Å². The number of hydrogen-bond donors (Lipinski definition) is 6. The van der Waals surface area contributed by atoms with Gasteiger partial charge in [0, 0.05) is 20.7 Å². The zero-order valence-corrected chi connectivity index (χ0v) is 16.7. The number of carbonyl (C=O) groups is 1. The number of aliphatic hydroxyl groups is 2. The largest absolute Gasteiger partial charge is 0.389 e. The van der Waals surface area contributed by atoms with Gasteiger partial charge in [0.15, 0.2) is 6.29 Å². The van der Waals surface area contributed by atoms with Crippen LogP contribution in [0.15, 0.2) is 0 Å². The number of rotatable bonds is 7. The average Bonchev–Trinajstić information content (AvgIpc) is 2.69. The molecule has 9 N–H and O–H groups in total. The first kappa shape index (κ1) is 23.4. The lowest BCUT2D eigenvalue weighted by Crippen LogP contribution is -2.72. The number of amides is 1. The van der Waals surface area contributed by atoms with E-state index in [2.05, 4.69) is 5.32 Å². The number of nitrogens with one attached hydrogen (secondary N) is 1. The Hall–Kier alpha value is -0.890. The molecule has 1 aliphatic heterocycles. The minimum absolute atomic E-state index is 0.0827. The summed E-state index contributed by atoms with van der Waals surface area (Å²) in [5, 5.41) is 24.7. The number of hydrogen-bond acceptors (Lipinski definition) is 10. The Morgan fingerprint density at radius 2 is 1.93 bits per heavy atom. The summed E-state index contributed by atoms with van der Waals surface area (Å²) in [5.74, 6) is -0.410. The zero-order chi connectivity index (χ0) is 21.0. The van der Waals surface area contributed by atoms with Crippen molar-refractivity contribution in [2.24, 2.45) is 17.2 Å². The summed E-state index contributed by atoms with van der Waals surface area (Å²) >= 11 is 0. The van der Waals surface area contributed by atoms with Gasteiger partial charge in [-0.3, -0.25) is 4.79 Å². The van der Waals surface area contributed by atoms with Gasteiger partial charge < -0.3 is 51.8 Å². The third-order valence-corrected chi connectivity index (χ3v) is 5.64. The highest BCUT2D eigenvalue weighted by Crippen LogP contribution is 2.30. The molecule has 164 valence electrons. The van der Waals surface area contributed by atoms with E-state index >= 15 is 0 Å². The third kappa shape index (κ3) is 4.81. The fourth-order valence-electron chi connectivity index (χ4n) is 3.98. The fourth-order valence-corrected chi connectivity index (χ4v) is 3.98. The van der Waals surface area contributed by atoms with Crippen LogP contribution in [0.3, 0.4) is 0 Å². The van der Waals surface area contributed by atoms with Gasteiger partial charge in [-0.05, 0) is 19.9 Å². The number of nitrogens with zero attached hydrogens (tertiary/aromatic N) is 1. The molecule has 0 aromatic rings. The van der Waals surface area contributed by atoms with Gasteiger partial charge >= 0.3 is 0 Å². The maximum atomic E-state index is 12.1. The molecule has 11 nitrogen and oxygen atoms in total. The van der Waals surface area contributed by atoms with Crippen molar-refractivity contribution in [1.82, 2.24) is 10.2 Å². The van der Waals surface area contributed by atoms with E-state index in [4.69, 9.17) is 31.4 Å². The molecule has 9 atom stereocenters. The van der Waals surface area contributed by atoms with Gasteiger partial charge in [-0.2, -0.15) is 0 Å². The molecule has 2 rings (SSSR count). The molecule has 0 spiro atoms. The highest BCUT2D eigenvalue weighted by atomic mass is 16.7. The van der Waals surface area contributed by atoms with Gasteiger partial charge in [-0.1, -0.05) is 0 Å². The number of likely N-dealkylation sites (N-methyl/N-ethyl adjacent to an activating group) is 2. The van der Waals surface area contributed by atoms with Crippen molar-refractivity contribution in [3.8, 4) is 0 Å². The lowest BCUT2D eigenvalue weighted by molar-refractivity contribution is -0.265. The standard InChI is InChI=1S/C17H35N5O6/c1-21-7-8-4-5-9(19)17(27-8)28-15-11(20)13(24)16(26-3)12(14(15)25)22(2)10(23)6-18/h8-9,11-17,21,24-25H,4-7,18-20H2,1-3H3/t8-,9+,11-,12+,13-,14+,15+,16+,17+/m0/s1. The summed E-state index contributed by atoms with van der Waals surface area (Å²) in [6.45, 7) is 0.392. The van der Waals surface area contributed by atoms with Gasteiger partial charge in [0.05, 0.1) is 36.9 Å². The van der Waals surface area contributed by atoms with E-state index in [1.165, 1.54) is 19.1 Å². The van der Waals surface area contributed by atoms with Crippen LogP contribution in [0.25, 0.3) is 0 Å².